The Morgan fingerprint density at radius 1 is 0.714 bits per heavy atom. The molecule has 1 fully saturated rings. The number of nitrogens with zero attached hydrogens (tertiary/aromatic N) is 4. The largest absolute Gasteiger partial charge is 0.368 e. The third-order valence-electron chi connectivity index (χ3n) is 4.61. The fourth-order valence-electron chi connectivity index (χ4n) is 3.17. The maximum atomic E-state index is 12.0. The van der Waals surface area contributed by atoms with Crippen molar-refractivity contribution < 1.29 is 4.79 Å². The molecule has 2 N–H and O–H groups in total. The Labute approximate surface area is 164 Å². The molecule has 1 aliphatic heterocycles. The molecule has 1 aromatic heterocycles. The van der Waals surface area contributed by atoms with Crippen molar-refractivity contribution in [2.75, 3.05) is 46.6 Å². The predicted molar refractivity (Wildman–Crippen MR) is 112 cm³/mol. The van der Waals surface area contributed by atoms with Crippen LogP contribution < -0.4 is 20.4 Å². The molecule has 1 aliphatic rings. The molecule has 28 heavy (non-hydrogen) atoms. The number of anilines is 4. The van der Waals surface area contributed by atoms with Crippen LogP contribution in [0.3, 0.4) is 0 Å². The molecule has 0 unspecified atom stereocenters. The average molecular weight is 374 g/mol. The molecular weight excluding hydrogens is 352 g/mol. The summed E-state index contributed by atoms with van der Waals surface area (Å²) in [5.74, 6) is 0.682. The highest BCUT2D eigenvalue weighted by Gasteiger charge is 2.19. The second-order valence-corrected chi connectivity index (χ2v) is 6.53. The molecule has 1 saturated heterocycles. The van der Waals surface area contributed by atoms with Crippen molar-refractivity contribution in [2.24, 2.45) is 0 Å². The Bertz CT molecular complexity index is 893. The highest BCUT2D eigenvalue weighted by molar-refractivity contribution is 5.99. The molecule has 4 rings (SSSR count). The fourth-order valence-corrected chi connectivity index (χ4v) is 3.17. The first-order chi connectivity index (χ1) is 13.8. The van der Waals surface area contributed by atoms with E-state index in [1.165, 1.54) is 5.69 Å². The lowest BCUT2D eigenvalue weighted by molar-refractivity contribution is 0.262. The summed E-state index contributed by atoms with van der Waals surface area (Å²) in [7, 11) is 0. The van der Waals surface area contributed by atoms with Crippen LogP contribution in [0.15, 0.2) is 73.1 Å². The number of carbonyl (C=O) groups excluding carboxylic acids is 1. The van der Waals surface area contributed by atoms with E-state index in [1.807, 2.05) is 36.4 Å². The molecule has 0 aliphatic carbocycles. The normalized spacial score (nSPS) is 13.9. The zero-order chi connectivity index (χ0) is 19.2. The van der Waals surface area contributed by atoms with Crippen molar-refractivity contribution in [3.05, 3.63) is 73.1 Å². The van der Waals surface area contributed by atoms with E-state index >= 15 is 0 Å². The fraction of sp³-hybridized carbons (Fsp3) is 0.190. The van der Waals surface area contributed by atoms with Crippen LogP contribution in [0.5, 0.6) is 0 Å². The topological polar surface area (TPSA) is 73.4 Å². The molecule has 7 heteroatoms. The van der Waals surface area contributed by atoms with Gasteiger partial charge in [0.15, 0.2) is 0 Å². The minimum Gasteiger partial charge on any atom is -0.368 e. The van der Waals surface area contributed by atoms with Gasteiger partial charge in [0.1, 0.15) is 0 Å². The number of benzene rings is 2. The first-order valence-electron chi connectivity index (χ1n) is 9.28. The van der Waals surface area contributed by atoms with Crippen LogP contribution in [0.25, 0.3) is 0 Å². The van der Waals surface area contributed by atoms with Crippen molar-refractivity contribution in [1.29, 1.82) is 0 Å². The summed E-state index contributed by atoms with van der Waals surface area (Å²) in [5.41, 5.74) is 2.53. The molecule has 0 radical (unpaired) electrons. The van der Waals surface area contributed by atoms with Crippen LogP contribution >= 0.6 is 0 Å². The molecular formula is C21H22N6O. The Morgan fingerprint density at radius 3 is 1.89 bits per heavy atom. The van der Waals surface area contributed by atoms with Crippen molar-refractivity contribution >= 4 is 29.0 Å². The van der Waals surface area contributed by atoms with E-state index in [9.17, 15) is 4.79 Å². The van der Waals surface area contributed by atoms with E-state index in [0.717, 1.165) is 31.9 Å². The molecule has 2 amide bonds. The van der Waals surface area contributed by atoms with Gasteiger partial charge >= 0.3 is 6.03 Å². The molecule has 0 bridgehead atoms. The summed E-state index contributed by atoms with van der Waals surface area (Å²) in [4.78, 5) is 25.4. The summed E-state index contributed by atoms with van der Waals surface area (Å²) < 4.78 is 0. The summed E-state index contributed by atoms with van der Waals surface area (Å²) in [6.45, 7) is 3.56. The smallest absolute Gasteiger partial charge is 0.323 e. The Kier molecular flexibility index (Phi) is 5.33. The van der Waals surface area contributed by atoms with Gasteiger partial charge in [-0.25, -0.2) is 14.8 Å². The average Bonchev–Trinajstić information content (AvgIpc) is 2.76. The summed E-state index contributed by atoms with van der Waals surface area (Å²) >= 11 is 0. The summed E-state index contributed by atoms with van der Waals surface area (Å²) in [6, 6.07) is 19.4. The number of aromatic nitrogens is 2. The molecule has 2 heterocycles. The number of amides is 2. The first-order valence-corrected chi connectivity index (χ1v) is 9.28. The quantitative estimate of drug-likeness (QED) is 0.732. The Balaban J connectivity index is 1.31. The van der Waals surface area contributed by atoms with Gasteiger partial charge in [-0.2, -0.15) is 0 Å². The van der Waals surface area contributed by atoms with Crippen LogP contribution in [0.1, 0.15) is 0 Å². The monoisotopic (exact) mass is 374 g/mol. The molecule has 142 valence electrons. The van der Waals surface area contributed by atoms with Crippen LogP contribution in [0.4, 0.5) is 27.8 Å². The van der Waals surface area contributed by atoms with E-state index < -0.39 is 0 Å². The predicted octanol–water partition coefficient (Wildman–Crippen LogP) is 3.45. The Hall–Kier alpha value is -3.61. The third kappa shape index (κ3) is 4.37. The van der Waals surface area contributed by atoms with Gasteiger partial charge in [0.25, 0.3) is 0 Å². The summed E-state index contributed by atoms with van der Waals surface area (Å²) in [5, 5.41) is 5.51. The van der Waals surface area contributed by atoms with Crippen LogP contribution in [0.2, 0.25) is 0 Å². The number of nitrogens with one attached hydrogen (secondary N) is 2. The van der Waals surface area contributed by atoms with E-state index in [0.29, 0.717) is 11.6 Å². The maximum Gasteiger partial charge on any atom is 0.323 e. The van der Waals surface area contributed by atoms with Gasteiger partial charge in [-0.05, 0) is 24.3 Å². The minimum atomic E-state index is -0.320. The Morgan fingerprint density at radius 2 is 1.25 bits per heavy atom. The second-order valence-electron chi connectivity index (χ2n) is 6.53. The first kappa shape index (κ1) is 17.8. The molecule has 0 atom stereocenters. The van der Waals surface area contributed by atoms with Crippen molar-refractivity contribution in [1.82, 2.24) is 9.97 Å². The number of piperazine rings is 1. The van der Waals surface area contributed by atoms with Crippen LogP contribution in [-0.2, 0) is 0 Å². The van der Waals surface area contributed by atoms with Gasteiger partial charge in [-0.1, -0.05) is 36.4 Å². The van der Waals surface area contributed by atoms with E-state index in [-0.39, 0.29) is 6.03 Å². The van der Waals surface area contributed by atoms with E-state index in [4.69, 9.17) is 0 Å². The van der Waals surface area contributed by atoms with Crippen LogP contribution in [-0.4, -0.2) is 42.2 Å². The zero-order valence-corrected chi connectivity index (χ0v) is 15.5. The number of para-hydroxylation sites is 2. The second kappa shape index (κ2) is 8.39. The minimum absolute atomic E-state index is 0.320. The highest BCUT2D eigenvalue weighted by Crippen LogP contribution is 2.18. The van der Waals surface area contributed by atoms with Gasteiger partial charge in [-0.3, -0.25) is 0 Å². The lowest BCUT2D eigenvalue weighted by Crippen LogP contribution is -2.47. The third-order valence-corrected chi connectivity index (χ3v) is 4.61. The van der Waals surface area contributed by atoms with Gasteiger partial charge in [0, 0.05) is 37.6 Å². The molecule has 3 aromatic rings. The van der Waals surface area contributed by atoms with Crippen molar-refractivity contribution in [3.8, 4) is 0 Å². The number of rotatable bonds is 4. The standard InChI is InChI=1S/C21H22N6O/c28-21(24-17-7-3-1-4-8-17)25-18-15-22-20(23-16-18)27-13-11-26(12-14-27)19-9-5-2-6-10-19/h1-10,15-16H,11-14H2,(H2,24,25,28). The van der Waals surface area contributed by atoms with Gasteiger partial charge in [-0.15, -0.1) is 0 Å². The number of carbonyl (C=O) groups is 1. The molecule has 2 aromatic carbocycles. The van der Waals surface area contributed by atoms with E-state index in [1.54, 1.807) is 12.4 Å². The van der Waals surface area contributed by atoms with Gasteiger partial charge < -0.3 is 20.4 Å². The number of urea groups is 1. The molecule has 0 saturated carbocycles. The number of hydrogen-bond donors (Lipinski definition) is 2. The van der Waals surface area contributed by atoms with E-state index in [2.05, 4.69) is 54.7 Å². The summed E-state index contributed by atoms with van der Waals surface area (Å²) in [6.07, 6.45) is 3.27. The lowest BCUT2D eigenvalue weighted by atomic mass is 10.2. The van der Waals surface area contributed by atoms with Gasteiger partial charge in [0.05, 0.1) is 18.1 Å². The van der Waals surface area contributed by atoms with Crippen LogP contribution in [0, 0.1) is 0 Å². The molecule has 0 spiro atoms. The van der Waals surface area contributed by atoms with Crippen molar-refractivity contribution in [3.63, 3.8) is 0 Å². The molecule has 7 nitrogen and oxygen atoms in total. The zero-order valence-electron chi connectivity index (χ0n) is 15.5. The SMILES string of the molecule is O=C(Nc1ccccc1)Nc1cnc(N2CCN(c3ccccc3)CC2)nc1. The highest BCUT2D eigenvalue weighted by atomic mass is 16.2. The van der Waals surface area contributed by atoms with Crippen molar-refractivity contribution in [2.45, 2.75) is 0 Å². The lowest BCUT2D eigenvalue weighted by Gasteiger charge is -2.36. The maximum absolute atomic E-state index is 12.0. The number of hydrogen-bond acceptors (Lipinski definition) is 5. The van der Waals surface area contributed by atoms with Gasteiger partial charge in [0.2, 0.25) is 5.95 Å².